The predicted molar refractivity (Wildman–Crippen MR) is 82.1 cm³/mol. The highest BCUT2D eigenvalue weighted by molar-refractivity contribution is 4.83. The zero-order chi connectivity index (χ0) is 14.0. The lowest BCUT2D eigenvalue weighted by molar-refractivity contribution is -0.0161. The first-order valence-corrected chi connectivity index (χ1v) is 8.60. The highest BCUT2D eigenvalue weighted by atomic mass is 16.5. The Morgan fingerprint density at radius 1 is 0.895 bits per heavy atom. The summed E-state index contributed by atoms with van der Waals surface area (Å²) in [6.07, 6.45) is 7.41. The molecule has 0 heterocycles. The number of hydrogen-bond donors (Lipinski definition) is 0. The summed E-state index contributed by atoms with van der Waals surface area (Å²) in [6.45, 7) is 13.1. The molecule has 0 saturated heterocycles. The van der Waals surface area contributed by atoms with E-state index in [1.54, 1.807) is 0 Å². The lowest BCUT2D eigenvalue weighted by Crippen LogP contribution is -2.34. The van der Waals surface area contributed by atoms with E-state index in [0.29, 0.717) is 6.10 Å². The predicted octanol–water partition coefficient (Wildman–Crippen LogP) is 5.15. The third kappa shape index (κ3) is 3.74. The molecule has 7 unspecified atom stereocenters. The third-order valence-corrected chi connectivity index (χ3v) is 6.18. The van der Waals surface area contributed by atoms with Gasteiger partial charge in [-0.25, -0.2) is 0 Å². The molecule has 1 heteroatoms. The van der Waals surface area contributed by atoms with Gasteiger partial charge in [0.1, 0.15) is 0 Å². The van der Waals surface area contributed by atoms with Crippen LogP contribution in [0.1, 0.15) is 66.7 Å². The Labute approximate surface area is 120 Å². The molecule has 7 atom stereocenters. The van der Waals surface area contributed by atoms with Gasteiger partial charge in [-0.2, -0.15) is 0 Å². The highest BCUT2D eigenvalue weighted by Gasteiger charge is 2.34. The summed E-state index contributed by atoms with van der Waals surface area (Å²) in [5.41, 5.74) is 0. The van der Waals surface area contributed by atoms with Gasteiger partial charge in [-0.1, -0.05) is 41.0 Å². The van der Waals surface area contributed by atoms with E-state index < -0.39 is 0 Å². The molecule has 0 radical (unpaired) electrons. The van der Waals surface area contributed by atoms with E-state index in [9.17, 15) is 0 Å². The van der Waals surface area contributed by atoms with Gasteiger partial charge in [0.2, 0.25) is 0 Å². The Morgan fingerprint density at radius 3 is 2.21 bits per heavy atom. The van der Waals surface area contributed by atoms with Crippen LogP contribution >= 0.6 is 0 Å². The van der Waals surface area contributed by atoms with Crippen LogP contribution in [0.4, 0.5) is 0 Å². The van der Waals surface area contributed by atoms with Crippen LogP contribution in [0.5, 0.6) is 0 Å². The van der Waals surface area contributed by atoms with Crippen molar-refractivity contribution in [3.8, 4) is 0 Å². The fraction of sp³-hybridized carbons (Fsp3) is 1.00. The maximum atomic E-state index is 6.24. The van der Waals surface area contributed by atoms with E-state index in [4.69, 9.17) is 4.74 Å². The van der Waals surface area contributed by atoms with Crippen LogP contribution in [0.15, 0.2) is 0 Å². The largest absolute Gasteiger partial charge is 0.378 e. The van der Waals surface area contributed by atoms with Crippen molar-refractivity contribution in [2.45, 2.75) is 72.8 Å². The van der Waals surface area contributed by atoms with E-state index in [1.165, 1.54) is 32.1 Å². The summed E-state index contributed by atoms with van der Waals surface area (Å²) in [5, 5.41) is 0. The smallest absolute Gasteiger partial charge is 0.0600 e. The molecule has 2 aliphatic carbocycles. The van der Waals surface area contributed by atoms with Crippen LogP contribution in [-0.4, -0.2) is 12.7 Å². The summed E-state index contributed by atoms with van der Waals surface area (Å²) in [7, 11) is 0. The Hall–Kier alpha value is -0.0400. The second-order valence-corrected chi connectivity index (χ2v) is 7.82. The fourth-order valence-corrected chi connectivity index (χ4v) is 4.44. The highest BCUT2D eigenvalue weighted by Crippen LogP contribution is 2.41. The van der Waals surface area contributed by atoms with Crippen molar-refractivity contribution in [2.24, 2.45) is 35.5 Å². The van der Waals surface area contributed by atoms with Gasteiger partial charge >= 0.3 is 0 Å². The maximum absolute atomic E-state index is 6.24. The number of rotatable bonds is 4. The minimum Gasteiger partial charge on any atom is -0.378 e. The fourth-order valence-electron chi connectivity index (χ4n) is 4.44. The molecule has 0 N–H and O–H groups in total. The summed E-state index contributed by atoms with van der Waals surface area (Å²) in [6, 6.07) is 0. The van der Waals surface area contributed by atoms with Gasteiger partial charge in [0, 0.05) is 6.61 Å². The van der Waals surface area contributed by atoms with Gasteiger partial charge in [-0.3, -0.25) is 0 Å². The van der Waals surface area contributed by atoms with E-state index in [1.807, 2.05) is 0 Å². The molecular weight excluding hydrogens is 232 g/mol. The third-order valence-electron chi connectivity index (χ3n) is 6.18. The second kappa shape index (κ2) is 6.61. The molecule has 1 nitrogen and oxygen atoms in total. The van der Waals surface area contributed by atoms with Crippen LogP contribution in [0.2, 0.25) is 0 Å². The summed E-state index contributed by atoms with van der Waals surface area (Å²) >= 11 is 0. The van der Waals surface area contributed by atoms with E-state index in [0.717, 1.165) is 42.1 Å². The van der Waals surface area contributed by atoms with E-state index in [-0.39, 0.29) is 0 Å². The van der Waals surface area contributed by atoms with Gasteiger partial charge in [-0.05, 0) is 61.2 Å². The van der Waals surface area contributed by atoms with Crippen LogP contribution in [0.3, 0.4) is 0 Å². The maximum Gasteiger partial charge on any atom is 0.0600 e. The molecule has 2 aliphatic rings. The Morgan fingerprint density at radius 2 is 1.58 bits per heavy atom. The first-order chi connectivity index (χ1) is 8.99. The van der Waals surface area contributed by atoms with Crippen LogP contribution < -0.4 is 0 Å². The quantitative estimate of drug-likeness (QED) is 0.684. The van der Waals surface area contributed by atoms with Gasteiger partial charge < -0.3 is 4.74 Å². The van der Waals surface area contributed by atoms with Gasteiger partial charge in [0.25, 0.3) is 0 Å². The zero-order valence-corrected chi connectivity index (χ0v) is 13.7. The molecule has 112 valence electrons. The van der Waals surface area contributed by atoms with Crippen molar-refractivity contribution >= 4 is 0 Å². The van der Waals surface area contributed by atoms with E-state index in [2.05, 4.69) is 34.6 Å². The number of hydrogen-bond acceptors (Lipinski definition) is 1. The molecule has 0 aromatic heterocycles. The molecule has 0 aromatic rings. The molecule has 19 heavy (non-hydrogen) atoms. The summed E-state index contributed by atoms with van der Waals surface area (Å²) < 4.78 is 6.24. The minimum absolute atomic E-state index is 0.553. The second-order valence-electron chi connectivity index (χ2n) is 7.82. The average molecular weight is 266 g/mol. The van der Waals surface area contributed by atoms with Crippen LogP contribution in [0.25, 0.3) is 0 Å². The molecular formula is C18H34O. The van der Waals surface area contributed by atoms with Gasteiger partial charge in [-0.15, -0.1) is 0 Å². The minimum atomic E-state index is 0.553. The van der Waals surface area contributed by atoms with Crippen molar-refractivity contribution in [1.82, 2.24) is 0 Å². The van der Waals surface area contributed by atoms with Crippen molar-refractivity contribution in [3.63, 3.8) is 0 Å². The van der Waals surface area contributed by atoms with Gasteiger partial charge in [0.05, 0.1) is 6.10 Å². The average Bonchev–Trinajstić information content (AvgIpc) is 2.76. The first kappa shape index (κ1) is 15.4. The Kier molecular flexibility index (Phi) is 5.34. The number of ether oxygens (including phenoxy) is 1. The molecule has 0 amide bonds. The van der Waals surface area contributed by atoms with Gasteiger partial charge in [0.15, 0.2) is 0 Å². The standard InChI is InChI=1S/C18H34O/c1-12-7-6-8-18(12)19-11-16(5)17-10-14(3)13(2)9-15(17)4/h12-18H,6-11H2,1-5H3. The molecule has 2 rings (SSSR count). The van der Waals surface area contributed by atoms with Crippen molar-refractivity contribution < 1.29 is 4.74 Å². The lowest BCUT2D eigenvalue weighted by Gasteiger charge is -2.40. The topological polar surface area (TPSA) is 9.23 Å². The van der Waals surface area contributed by atoms with Crippen LogP contribution in [0, 0.1) is 35.5 Å². The first-order valence-electron chi connectivity index (χ1n) is 8.60. The van der Waals surface area contributed by atoms with Crippen molar-refractivity contribution in [2.75, 3.05) is 6.61 Å². The molecule has 0 spiro atoms. The lowest BCUT2D eigenvalue weighted by atomic mass is 9.66. The molecule has 0 aliphatic heterocycles. The summed E-state index contributed by atoms with van der Waals surface area (Å²) in [4.78, 5) is 0. The Balaban J connectivity index is 1.80. The molecule has 2 saturated carbocycles. The molecule has 0 bridgehead atoms. The molecule has 0 aromatic carbocycles. The Bertz CT molecular complexity index is 275. The van der Waals surface area contributed by atoms with E-state index >= 15 is 0 Å². The monoisotopic (exact) mass is 266 g/mol. The zero-order valence-electron chi connectivity index (χ0n) is 13.7. The van der Waals surface area contributed by atoms with Crippen molar-refractivity contribution in [3.05, 3.63) is 0 Å². The normalized spacial score (nSPS) is 45.3. The van der Waals surface area contributed by atoms with Crippen LogP contribution in [-0.2, 0) is 4.74 Å². The SMILES string of the molecule is CC1CC(C)C(C(C)COC2CCCC2C)CC1C. The van der Waals surface area contributed by atoms with Crippen molar-refractivity contribution in [1.29, 1.82) is 0 Å². The summed E-state index contributed by atoms with van der Waals surface area (Å²) in [5.74, 6) is 5.09. The molecule has 2 fully saturated rings.